The summed E-state index contributed by atoms with van der Waals surface area (Å²) >= 11 is 7.36. The summed E-state index contributed by atoms with van der Waals surface area (Å²) < 4.78 is 0. The first kappa shape index (κ1) is 14.9. The van der Waals surface area contributed by atoms with Crippen LogP contribution in [0, 0.1) is 10.1 Å². The maximum absolute atomic E-state index is 10.9. The Morgan fingerprint density at radius 2 is 2.25 bits per heavy atom. The molecule has 0 spiro atoms. The fourth-order valence-corrected chi connectivity index (χ4v) is 2.70. The van der Waals surface area contributed by atoms with Crippen molar-refractivity contribution < 1.29 is 10.0 Å². The summed E-state index contributed by atoms with van der Waals surface area (Å²) in [4.78, 5) is 10.5. The molecule has 0 bridgehead atoms. The van der Waals surface area contributed by atoms with Gasteiger partial charge in [0.25, 0.3) is 5.69 Å². The van der Waals surface area contributed by atoms with Crippen molar-refractivity contribution in [3.63, 3.8) is 0 Å². The van der Waals surface area contributed by atoms with E-state index >= 15 is 0 Å². The van der Waals surface area contributed by atoms with Crippen molar-refractivity contribution in [3.8, 4) is 0 Å². The van der Waals surface area contributed by atoms with Gasteiger partial charge in [0, 0.05) is 29.7 Å². The molecule has 7 heteroatoms. The van der Waals surface area contributed by atoms with Gasteiger partial charge in [0.15, 0.2) is 0 Å². The third-order valence-electron chi connectivity index (χ3n) is 2.82. The lowest BCUT2D eigenvalue weighted by Crippen LogP contribution is -2.21. The van der Waals surface area contributed by atoms with Crippen LogP contribution in [0.3, 0.4) is 0 Å². The molecule has 0 amide bonds. The molecule has 0 aliphatic heterocycles. The number of benzene rings is 1. The third-order valence-corrected chi connectivity index (χ3v) is 3.76. The van der Waals surface area contributed by atoms with Gasteiger partial charge in [0.05, 0.1) is 11.0 Å². The van der Waals surface area contributed by atoms with Crippen molar-refractivity contribution in [1.29, 1.82) is 0 Å². The van der Waals surface area contributed by atoms with Crippen LogP contribution in [0.15, 0.2) is 35.0 Å². The van der Waals surface area contributed by atoms with Crippen molar-refractivity contribution in [1.82, 2.24) is 5.32 Å². The summed E-state index contributed by atoms with van der Waals surface area (Å²) in [6.45, 7) is 0.596. The normalized spacial score (nSPS) is 12.3. The molecule has 5 nitrogen and oxygen atoms in total. The molecule has 106 valence electrons. The number of nitro groups is 1. The van der Waals surface area contributed by atoms with Gasteiger partial charge in [-0.1, -0.05) is 11.6 Å². The molecule has 0 fully saturated rings. The smallest absolute Gasteiger partial charge is 0.273 e. The van der Waals surface area contributed by atoms with Crippen molar-refractivity contribution >= 4 is 28.6 Å². The second-order valence-corrected chi connectivity index (χ2v) is 5.45. The number of halogens is 1. The first-order chi connectivity index (χ1) is 9.58. The minimum absolute atomic E-state index is 0.0203. The second-order valence-electron chi connectivity index (χ2n) is 4.23. The number of rotatable bonds is 6. The van der Waals surface area contributed by atoms with Crippen LogP contribution in [0.4, 0.5) is 5.69 Å². The molecule has 1 heterocycles. The summed E-state index contributed by atoms with van der Waals surface area (Å²) in [5.74, 6) is 0. The fraction of sp³-hybridized carbons (Fsp3) is 0.231. The van der Waals surface area contributed by atoms with Crippen LogP contribution in [-0.4, -0.2) is 16.6 Å². The van der Waals surface area contributed by atoms with Crippen molar-refractivity contribution in [2.45, 2.75) is 12.6 Å². The summed E-state index contributed by atoms with van der Waals surface area (Å²) in [5, 5.41) is 28.0. The fourth-order valence-electron chi connectivity index (χ4n) is 1.80. The van der Waals surface area contributed by atoms with Gasteiger partial charge in [0.2, 0.25) is 0 Å². The lowest BCUT2D eigenvalue weighted by molar-refractivity contribution is -0.385. The number of thiophene rings is 1. The Kier molecular flexibility index (Phi) is 5.08. The molecule has 2 aromatic rings. The molecule has 2 N–H and O–H groups in total. The Hall–Kier alpha value is -1.47. The molecule has 0 saturated heterocycles. The van der Waals surface area contributed by atoms with Gasteiger partial charge in [-0.15, -0.1) is 0 Å². The quantitative estimate of drug-likeness (QED) is 0.634. The average molecular weight is 313 g/mol. The van der Waals surface area contributed by atoms with E-state index in [0.29, 0.717) is 17.1 Å². The van der Waals surface area contributed by atoms with Gasteiger partial charge < -0.3 is 10.4 Å². The molecule has 0 aliphatic rings. The van der Waals surface area contributed by atoms with Crippen LogP contribution in [0.1, 0.15) is 17.2 Å². The van der Waals surface area contributed by atoms with Crippen LogP contribution in [-0.2, 0) is 6.54 Å². The Bertz CT molecular complexity index is 589. The van der Waals surface area contributed by atoms with E-state index < -0.39 is 11.0 Å². The number of aliphatic hydroxyl groups excluding tert-OH is 1. The maximum Gasteiger partial charge on any atom is 0.273 e. The van der Waals surface area contributed by atoms with E-state index in [9.17, 15) is 15.2 Å². The van der Waals surface area contributed by atoms with Gasteiger partial charge in [-0.3, -0.25) is 10.1 Å². The number of nitrogens with zero attached hydrogens (tertiary/aromatic N) is 1. The molecule has 1 unspecified atom stereocenters. The first-order valence-corrected chi connectivity index (χ1v) is 7.23. The Morgan fingerprint density at radius 3 is 2.90 bits per heavy atom. The largest absolute Gasteiger partial charge is 0.387 e. The summed E-state index contributed by atoms with van der Waals surface area (Å²) in [6.07, 6.45) is -0.625. The molecule has 1 aromatic heterocycles. The zero-order valence-corrected chi connectivity index (χ0v) is 12.0. The van der Waals surface area contributed by atoms with Crippen LogP contribution in [0.5, 0.6) is 0 Å². The van der Waals surface area contributed by atoms with E-state index in [1.807, 2.05) is 16.8 Å². The monoisotopic (exact) mass is 312 g/mol. The number of aliphatic hydroxyl groups is 1. The number of hydrogen-bond donors (Lipinski definition) is 2. The molecule has 0 radical (unpaired) electrons. The number of nitrogens with one attached hydrogen (secondary N) is 1. The van der Waals surface area contributed by atoms with Gasteiger partial charge in [-0.2, -0.15) is 11.3 Å². The zero-order chi connectivity index (χ0) is 14.5. The van der Waals surface area contributed by atoms with Crippen molar-refractivity contribution in [2.24, 2.45) is 0 Å². The minimum atomic E-state index is -0.625. The topological polar surface area (TPSA) is 75.4 Å². The third kappa shape index (κ3) is 3.77. The summed E-state index contributed by atoms with van der Waals surface area (Å²) in [6, 6.07) is 6.28. The zero-order valence-electron chi connectivity index (χ0n) is 10.5. The van der Waals surface area contributed by atoms with Crippen LogP contribution in [0.2, 0.25) is 5.02 Å². The summed E-state index contributed by atoms with van der Waals surface area (Å²) in [7, 11) is 0. The van der Waals surface area contributed by atoms with E-state index in [2.05, 4.69) is 5.32 Å². The molecule has 0 saturated carbocycles. The summed E-state index contributed by atoms with van der Waals surface area (Å²) in [5.41, 5.74) is 1.36. The lowest BCUT2D eigenvalue weighted by atomic mass is 10.1. The predicted octanol–water partition coefficient (Wildman–Crippen LogP) is 3.13. The number of nitro benzene ring substituents is 1. The maximum atomic E-state index is 10.9. The van der Waals surface area contributed by atoms with Crippen molar-refractivity contribution in [3.05, 3.63) is 61.3 Å². The lowest BCUT2D eigenvalue weighted by Gasteiger charge is -2.10. The van der Waals surface area contributed by atoms with Gasteiger partial charge in [0.1, 0.15) is 0 Å². The van der Waals surface area contributed by atoms with E-state index in [1.54, 1.807) is 6.07 Å². The van der Waals surface area contributed by atoms with Gasteiger partial charge in [-0.05, 0) is 34.5 Å². The van der Waals surface area contributed by atoms with Crippen LogP contribution < -0.4 is 5.32 Å². The minimum Gasteiger partial charge on any atom is -0.387 e. The SMILES string of the molecule is O=[N+]([O-])c1ccc(Cl)cc1CNCC(O)c1ccsc1. The highest BCUT2D eigenvalue weighted by Crippen LogP contribution is 2.23. The van der Waals surface area contributed by atoms with E-state index in [-0.39, 0.29) is 12.2 Å². The van der Waals surface area contributed by atoms with E-state index in [1.165, 1.54) is 23.5 Å². The predicted molar refractivity (Wildman–Crippen MR) is 79.1 cm³/mol. The Labute approximate surface area is 125 Å². The molecule has 2 rings (SSSR count). The van der Waals surface area contributed by atoms with Crippen molar-refractivity contribution in [2.75, 3.05) is 6.54 Å². The molecule has 0 aliphatic carbocycles. The highest BCUT2D eigenvalue weighted by Gasteiger charge is 2.14. The number of hydrogen-bond acceptors (Lipinski definition) is 5. The molecule has 1 aromatic carbocycles. The average Bonchev–Trinajstić information content (AvgIpc) is 2.92. The van der Waals surface area contributed by atoms with Gasteiger partial charge >= 0.3 is 0 Å². The first-order valence-electron chi connectivity index (χ1n) is 5.91. The second kappa shape index (κ2) is 6.81. The Balaban J connectivity index is 1.97. The highest BCUT2D eigenvalue weighted by molar-refractivity contribution is 7.07. The van der Waals surface area contributed by atoms with E-state index in [0.717, 1.165) is 5.56 Å². The Morgan fingerprint density at radius 1 is 1.45 bits per heavy atom. The molecular weight excluding hydrogens is 300 g/mol. The van der Waals surface area contributed by atoms with Crippen LogP contribution >= 0.6 is 22.9 Å². The van der Waals surface area contributed by atoms with Crippen LogP contribution in [0.25, 0.3) is 0 Å². The molecular formula is C13H13ClN2O3S. The molecule has 20 heavy (non-hydrogen) atoms. The van der Waals surface area contributed by atoms with Gasteiger partial charge in [-0.25, -0.2) is 0 Å². The molecule has 1 atom stereocenters. The van der Waals surface area contributed by atoms with E-state index in [4.69, 9.17) is 11.6 Å². The standard InChI is InChI=1S/C13H13ClN2O3S/c14-11-1-2-12(16(18)19)10(5-11)6-15-7-13(17)9-3-4-20-8-9/h1-5,8,13,15,17H,6-7H2. The highest BCUT2D eigenvalue weighted by atomic mass is 35.5.